The van der Waals surface area contributed by atoms with E-state index in [1.54, 1.807) is 0 Å². The van der Waals surface area contributed by atoms with Crippen LogP contribution in [-0.4, -0.2) is 73.8 Å². The molecule has 0 radical (unpaired) electrons. The number of fused-ring (bicyclic) bond motifs is 2. The molecule has 3 aliphatic rings. The normalized spacial score (nSPS) is 21.5. The fourth-order valence-electron chi connectivity index (χ4n) is 5.43. The molecule has 1 spiro atoms. The quantitative estimate of drug-likeness (QED) is 0.825. The first-order valence-electron chi connectivity index (χ1n) is 11.4. The van der Waals surface area contributed by atoms with Crippen LogP contribution in [-0.2, 0) is 10.2 Å². The molecule has 0 saturated carbocycles. The van der Waals surface area contributed by atoms with Gasteiger partial charge < -0.3 is 19.9 Å². The average Bonchev–Trinajstić information content (AvgIpc) is 3.09. The van der Waals surface area contributed by atoms with E-state index >= 15 is 0 Å². The topological polar surface area (TPSA) is 65.1 Å². The minimum absolute atomic E-state index is 0.00981. The van der Waals surface area contributed by atoms with E-state index in [9.17, 15) is 9.59 Å². The van der Waals surface area contributed by atoms with Gasteiger partial charge in [-0.15, -0.1) is 0 Å². The maximum atomic E-state index is 12.6. The molecule has 0 aromatic heterocycles. The van der Waals surface area contributed by atoms with Gasteiger partial charge in [0.2, 0.25) is 0 Å². The number of carbonyl (C=O) groups excluding carboxylic acids is 2. The standard InChI is InChI=1S/C23H34N4O3/c1-3-24-21(28)27-17-23(19-7-5-6-8-20(19)27)11-15-25(16-12-23)18-9-13-26(14-10-18)22(29)30-4-2/h5-8,18H,3-4,9-17H2,1-2H3,(H,24,28). The number of rotatable bonds is 3. The van der Waals surface area contributed by atoms with Gasteiger partial charge in [-0.2, -0.15) is 0 Å². The van der Waals surface area contributed by atoms with E-state index in [0.29, 0.717) is 19.2 Å². The zero-order valence-electron chi connectivity index (χ0n) is 18.2. The van der Waals surface area contributed by atoms with Gasteiger partial charge in [-0.3, -0.25) is 4.90 Å². The van der Waals surface area contributed by atoms with Gasteiger partial charge in [0.15, 0.2) is 0 Å². The zero-order valence-corrected chi connectivity index (χ0v) is 18.2. The van der Waals surface area contributed by atoms with Crippen molar-refractivity contribution in [2.45, 2.75) is 51.0 Å². The third kappa shape index (κ3) is 3.87. The molecule has 2 fully saturated rings. The first-order chi connectivity index (χ1) is 14.6. The van der Waals surface area contributed by atoms with E-state index in [2.05, 4.69) is 28.4 Å². The highest BCUT2D eigenvalue weighted by Gasteiger charge is 2.47. The summed E-state index contributed by atoms with van der Waals surface area (Å²) < 4.78 is 5.14. The number of urea groups is 1. The summed E-state index contributed by atoms with van der Waals surface area (Å²) in [5.74, 6) is 0. The molecule has 1 aromatic rings. The molecule has 164 valence electrons. The number of likely N-dealkylation sites (tertiary alicyclic amines) is 2. The van der Waals surface area contributed by atoms with Crippen molar-refractivity contribution < 1.29 is 14.3 Å². The number of carbonyl (C=O) groups is 2. The van der Waals surface area contributed by atoms with Gasteiger partial charge in [-0.1, -0.05) is 18.2 Å². The van der Waals surface area contributed by atoms with Crippen LogP contribution in [0.3, 0.4) is 0 Å². The molecular formula is C23H34N4O3. The summed E-state index contributed by atoms with van der Waals surface area (Å²) in [6.45, 7) is 9.29. The number of hydrogen-bond acceptors (Lipinski definition) is 4. The Kier molecular flexibility index (Phi) is 6.18. The van der Waals surface area contributed by atoms with Crippen LogP contribution in [0.5, 0.6) is 0 Å². The molecular weight excluding hydrogens is 380 g/mol. The molecule has 0 aliphatic carbocycles. The van der Waals surface area contributed by atoms with Crippen molar-refractivity contribution in [1.82, 2.24) is 15.1 Å². The molecule has 3 heterocycles. The number of piperidine rings is 2. The minimum Gasteiger partial charge on any atom is -0.450 e. The smallest absolute Gasteiger partial charge is 0.409 e. The van der Waals surface area contributed by atoms with Crippen molar-refractivity contribution >= 4 is 17.8 Å². The lowest BCUT2D eigenvalue weighted by molar-refractivity contribution is 0.0580. The summed E-state index contributed by atoms with van der Waals surface area (Å²) >= 11 is 0. The number of ether oxygens (including phenoxy) is 1. The summed E-state index contributed by atoms with van der Waals surface area (Å²) in [5.41, 5.74) is 2.46. The number of benzene rings is 1. The molecule has 4 rings (SSSR count). The highest BCUT2D eigenvalue weighted by molar-refractivity contribution is 5.95. The van der Waals surface area contributed by atoms with Gasteiger partial charge >= 0.3 is 12.1 Å². The molecule has 0 unspecified atom stereocenters. The summed E-state index contributed by atoms with van der Waals surface area (Å²) in [4.78, 5) is 31.0. The van der Waals surface area contributed by atoms with Crippen LogP contribution in [0, 0.1) is 0 Å². The number of nitrogens with zero attached hydrogens (tertiary/aromatic N) is 3. The molecule has 1 N–H and O–H groups in total. The van der Waals surface area contributed by atoms with Crippen molar-refractivity contribution in [1.29, 1.82) is 0 Å². The van der Waals surface area contributed by atoms with Crippen LogP contribution in [0.4, 0.5) is 15.3 Å². The molecule has 0 bridgehead atoms. The van der Waals surface area contributed by atoms with Crippen molar-refractivity contribution in [2.75, 3.05) is 50.8 Å². The Morgan fingerprint density at radius 2 is 1.80 bits per heavy atom. The summed E-state index contributed by atoms with van der Waals surface area (Å²) in [7, 11) is 0. The van der Waals surface area contributed by atoms with Crippen molar-refractivity contribution in [2.24, 2.45) is 0 Å². The molecule has 7 nitrogen and oxygen atoms in total. The van der Waals surface area contributed by atoms with Crippen LogP contribution in [0.1, 0.15) is 45.1 Å². The lowest BCUT2D eigenvalue weighted by Crippen LogP contribution is -2.53. The Morgan fingerprint density at radius 3 is 2.47 bits per heavy atom. The maximum Gasteiger partial charge on any atom is 0.409 e. The Bertz CT molecular complexity index is 767. The molecule has 0 atom stereocenters. The summed E-state index contributed by atoms with van der Waals surface area (Å²) in [6.07, 6.45) is 3.97. The van der Waals surface area contributed by atoms with Crippen molar-refractivity contribution in [3.8, 4) is 0 Å². The van der Waals surface area contributed by atoms with Gasteiger partial charge in [0.25, 0.3) is 0 Å². The second-order valence-corrected chi connectivity index (χ2v) is 8.67. The summed E-state index contributed by atoms with van der Waals surface area (Å²) in [6, 6.07) is 8.95. The third-order valence-corrected chi connectivity index (χ3v) is 7.06. The minimum atomic E-state index is -0.179. The van der Waals surface area contributed by atoms with Crippen molar-refractivity contribution in [3.05, 3.63) is 29.8 Å². The molecule has 1 aromatic carbocycles. The molecule has 2 saturated heterocycles. The van der Waals surface area contributed by atoms with Gasteiger partial charge in [-0.05, 0) is 64.3 Å². The predicted molar refractivity (Wildman–Crippen MR) is 117 cm³/mol. The summed E-state index contributed by atoms with van der Waals surface area (Å²) in [5, 5.41) is 2.97. The van der Waals surface area contributed by atoms with Crippen LogP contribution in [0.15, 0.2) is 24.3 Å². The van der Waals surface area contributed by atoms with Crippen molar-refractivity contribution in [3.63, 3.8) is 0 Å². The van der Waals surface area contributed by atoms with E-state index in [1.165, 1.54) is 5.56 Å². The second kappa shape index (κ2) is 8.84. The van der Waals surface area contributed by atoms with Gasteiger partial charge in [0, 0.05) is 43.3 Å². The van der Waals surface area contributed by atoms with Crippen LogP contribution < -0.4 is 10.2 Å². The number of anilines is 1. The van der Waals surface area contributed by atoms with Gasteiger partial charge in [0.05, 0.1) is 6.61 Å². The van der Waals surface area contributed by atoms with Gasteiger partial charge in [-0.25, -0.2) is 9.59 Å². The van der Waals surface area contributed by atoms with E-state index in [0.717, 1.165) is 64.1 Å². The Labute approximate surface area is 179 Å². The number of amides is 3. The third-order valence-electron chi connectivity index (χ3n) is 7.06. The second-order valence-electron chi connectivity index (χ2n) is 8.67. The average molecular weight is 415 g/mol. The van der Waals surface area contributed by atoms with Crippen LogP contribution in [0.2, 0.25) is 0 Å². The Morgan fingerprint density at radius 1 is 1.10 bits per heavy atom. The monoisotopic (exact) mass is 414 g/mol. The van der Waals surface area contributed by atoms with E-state index in [4.69, 9.17) is 4.74 Å². The number of nitrogens with one attached hydrogen (secondary N) is 1. The molecule has 3 amide bonds. The van der Waals surface area contributed by atoms with Gasteiger partial charge in [0.1, 0.15) is 0 Å². The highest BCUT2D eigenvalue weighted by atomic mass is 16.6. The maximum absolute atomic E-state index is 12.6. The fourth-order valence-corrected chi connectivity index (χ4v) is 5.43. The lowest BCUT2D eigenvalue weighted by Gasteiger charge is -2.45. The Balaban J connectivity index is 1.39. The molecule has 7 heteroatoms. The largest absolute Gasteiger partial charge is 0.450 e. The number of hydrogen-bond donors (Lipinski definition) is 1. The lowest BCUT2D eigenvalue weighted by atomic mass is 9.74. The first-order valence-corrected chi connectivity index (χ1v) is 11.4. The van der Waals surface area contributed by atoms with Crippen LogP contribution >= 0.6 is 0 Å². The Hall–Kier alpha value is -2.28. The molecule has 3 aliphatic heterocycles. The highest BCUT2D eigenvalue weighted by Crippen LogP contribution is 2.47. The fraction of sp³-hybridized carbons (Fsp3) is 0.652. The van der Waals surface area contributed by atoms with Crippen LogP contribution in [0.25, 0.3) is 0 Å². The van der Waals surface area contributed by atoms with E-state index in [-0.39, 0.29) is 17.5 Å². The number of para-hydroxylation sites is 1. The predicted octanol–water partition coefficient (Wildman–Crippen LogP) is 3.19. The van der Waals surface area contributed by atoms with E-state index < -0.39 is 0 Å². The SMILES string of the molecule is CCNC(=O)N1CC2(CCN(C3CCN(C(=O)OCC)CC3)CC2)c2ccccc21. The first kappa shape index (κ1) is 21.0. The van der Waals surface area contributed by atoms with E-state index in [1.807, 2.05) is 29.7 Å². The molecule has 30 heavy (non-hydrogen) atoms. The zero-order chi connectivity index (χ0) is 21.1.